The molecule has 0 radical (unpaired) electrons. The van der Waals surface area contributed by atoms with E-state index in [0.717, 1.165) is 21.7 Å². The summed E-state index contributed by atoms with van der Waals surface area (Å²) in [6.07, 6.45) is 2.63. The molecule has 0 saturated heterocycles. The normalized spacial score (nSPS) is 10.3. The summed E-state index contributed by atoms with van der Waals surface area (Å²) in [5.41, 5.74) is 0.237. The van der Waals surface area contributed by atoms with E-state index in [1.165, 1.54) is 6.07 Å². The second-order valence-corrected chi connectivity index (χ2v) is 6.23. The minimum atomic E-state index is -0.947. The Labute approximate surface area is 135 Å². The number of aromatic nitrogens is 1. The van der Waals surface area contributed by atoms with Crippen molar-refractivity contribution >= 4 is 33.7 Å². The smallest absolute Gasteiger partial charge is 0.335 e. The molecule has 21 heavy (non-hydrogen) atoms. The van der Waals surface area contributed by atoms with Gasteiger partial charge in [0, 0.05) is 16.4 Å². The summed E-state index contributed by atoms with van der Waals surface area (Å²) in [5.74, 6) is 0.534. The number of aromatic carboxylic acids is 1. The van der Waals surface area contributed by atoms with Crippen LogP contribution in [0.4, 0.5) is 0 Å². The fourth-order valence-corrected chi connectivity index (χ4v) is 2.59. The number of hydrogen-bond acceptors (Lipinski definition) is 4. The molecule has 0 saturated carbocycles. The van der Waals surface area contributed by atoms with Gasteiger partial charge in [0.2, 0.25) is 0 Å². The second kappa shape index (κ2) is 8.05. The largest absolute Gasteiger partial charge is 0.494 e. The topological polar surface area (TPSA) is 59.4 Å². The molecule has 0 bridgehead atoms. The van der Waals surface area contributed by atoms with Crippen LogP contribution in [0.3, 0.4) is 0 Å². The van der Waals surface area contributed by atoms with Crippen molar-refractivity contribution in [3.63, 3.8) is 0 Å². The standard InChI is InChI=1S/C15H14BrNO3S/c16-12-5-6-14(17-10-12)21-8-2-7-20-13-4-1-3-11(9-13)15(18)19/h1,3-6,9-10H,2,7-8H2,(H,18,19). The first kappa shape index (κ1) is 15.9. The summed E-state index contributed by atoms with van der Waals surface area (Å²) < 4.78 is 6.52. The number of halogens is 1. The SMILES string of the molecule is O=C(O)c1cccc(OCCCSc2ccc(Br)cn2)c1. The van der Waals surface area contributed by atoms with Crippen LogP contribution >= 0.6 is 27.7 Å². The summed E-state index contributed by atoms with van der Waals surface area (Å²) in [6.45, 7) is 0.548. The molecular formula is C15H14BrNO3S. The third kappa shape index (κ3) is 5.40. The molecule has 6 heteroatoms. The second-order valence-electron chi connectivity index (χ2n) is 4.20. The highest BCUT2D eigenvalue weighted by molar-refractivity contribution is 9.10. The summed E-state index contributed by atoms with van der Waals surface area (Å²) in [7, 11) is 0. The molecule has 1 N–H and O–H groups in total. The number of ether oxygens (including phenoxy) is 1. The lowest BCUT2D eigenvalue weighted by Crippen LogP contribution is -2.01. The van der Waals surface area contributed by atoms with Gasteiger partial charge in [-0.3, -0.25) is 0 Å². The number of carboxylic acids is 1. The molecule has 0 spiro atoms. The maximum absolute atomic E-state index is 10.8. The molecule has 4 nitrogen and oxygen atoms in total. The molecule has 2 aromatic rings. The number of thioether (sulfide) groups is 1. The summed E-state index contributed by atoms with van der Waals surface area (Å²) in [4.78, 5) is 15.1. The predicted molar refractivity (Wildman–Crippen MR) is 86.2 cm³/mol. The molecule has 110 valence electrons. The van der Waals surface area contributed by atoms with Gasteiger partial charge in [0.05, 0.1) is 17.2 Å². The first-order chi connectivity index (χ1) is 10.1. The van der Waals surface area contributed by atoms with Crippen LogP contribution in [0.25, 0.3) is 0 Å². The number of nitrogens with zero attached hydrogens (tertiary/aromatic N) is 1. The van der Waals surface area contributed by atoms with Crippen molar-refractivity contribution in [2.45, 2.75) is 11.4 Å². The third-order valence-electron chi connectivity index (χ3n) is 2.59. The van der Waals surface area contributed by atoms with Gasteiger partial charge in [-0.2, -0.15) is 0 Å². The van der Waals surface area contributed by atoms with Crippen molar-refractivity contribution < 1.29 is 14.6 Å². The number of benzene rings is 1. The van der Waals surface area contributed by atoms with E-state index in [-0.39, 0.29) is 5.56 Å². The van der Waals surface area contributed by atoms with E-state index >= 15 is 0 Å². The molecule has 0 amide bonds. The highest BCUT2D eigenvalue weighted by atomic mass is 79.9. The van der Waals surface area contributed by atoms with Crippen molar-refractivity contribution in [3.05, 3.63) is 52.6 Å². The van der Waals surface area contributed by atoms with E-state index in [2.05, 4.69) is 20.9 Å². The Kier molecular flexibility index (Phi) is 6.07. The average molecular weight is 368 g/mol. The first-order valence-electron chi connectivity index (χ1n) is 6.35. The van der Waals surface area contributed by atoms with E-state index in [0.29, 0.717) is 12.4 Å². The zero-order valence-electron chi connectivity index (χ0n) is 11.2. The molecule has 2 rings (SSSR count). The molecule has 1 heterocycles. The maximum Gasteiger partial charge on any atom is 0.335 e. The van der Waals surface area contributed by atoms with Gasteiger partial charge in [-0.25, -0.2) is 9.78 Å². The van der Waals surface area contributed by atoms with Crippen LogP contribution in [0.15, 0.2) is 52.1 Å². The Morgan fingerprint density at radius 3 is 2.90 bits per heavy atom. The quantitative estimate of drug-likeness (QED) is 0.589. The molecular weight excluding hydrogens is 354 g/mol. The van der Waals surface area contributed by atoms with Crippen LogP contribution in [0.1, 0.15) is 16.8 Å². The molecule has 0 aliphatic carbocycles. The lowest BCUT2D eigenvalue weighted by Gasteiger charge is -2.06. The van der Waals surface area contributed by atoms with Crippen LogP contribution in [-0.2, 0) is 0 Å². The Balaban J connectivity index is 1.71. The summed E-state index contributed by atoms with van der Waals surface area (Å²) in [5, 5.41) is 9.87. The van der Waals surface area contributed by atoms with Crippen LogP contribution < -0.4 is 4.74 Å². The maximum atomic E-state index is 10.8. The van der Waals surface area contributed by atoms with E-state index < -0.39 is 5.97 Å². The molecule has 0 fully saturated rings. The minimum absolute atomic E-state index is 0.237. The van der Waals surface area contributed by atoms with Crippen molar-refractivity contribution in [2.24, 2.45) is 0 Å². The number of rotatable bonds is 7. The van der Waals surface area contributed by atoms with Crippen molar-refractivity contribution in [2.75, 3.05) is 12.4 Å². The number of carbonyl (C=O) groups is 1. The van der Waals surface area contributed by atoms with Crippen molar-refractivity contribution in [1.29, 1.82) is 0 Å². The third-order valence-corrected chi connectivity index (χ3v) is 4.09. The van der Waals surface area contributed by atoms with Gasteiger partial charge in [0.1, 0.15) is 5.75 Å². The molecule has 0 aliphatic rings. The molecule has 0 atom stereocenters. The zero-order valence-corrected chi connectivity index (χ0v) is 13.6. The van der Waals surface area contributed by atoms with Gasteiger partial charge in [-0.15, -0.1) is 11.8 Å². The Bertz CT molecular complexity index is 604. The van der Waals surface area contributed by atoms with Crippen molar-refractivity contribution in [3.8, 4) is 5.75 Å². The first-order valence-corrected chi connectivity index (χ1v) is 8.13. The predicted octanol–water partition coefficient (Wildman–Crippen LogP) is 4.10. The highest BCUT2D eigenvalue weighted by Gasteiger charge is 2.03. The molecule has 0 aliphatic heterocycles. The molecule has 1 aromatic carbocycles. The van der Waals surface area contributed by atoms with Crippen LogP contribution in [0.5, 0.6) is 5.75 Å². The monoisotopic (exact) mass is 367 g/mol. The zero-order chi connectivity index (χ0) is 15.1. The summed E-state index contributed by atoms with van der Waals surface area (Å²) in [6, 6.07) is 10.4. The Morgan fingerprint density at radius 1 is 1.33 bits per heavy atom. The van der Waals surface area contributed by atoms with Gasteiger partial charge < -0.3 is 9.84 Å². The molecule has 0 unspecified atom stereocenters. The fourth-order valence-electron chi connectivity index (χ4n) is 1.59. The van der Waals surface area contributed by atoms with Gasteiger partial charge in [-0.05, 0) is 52.7 Å². The number of pyridine rings is 1. The van der Waals surface area contributed by atoms with Crippen molar-refractivity contribution in [1.82, 2.24) is 4.98 Å². The van der Waals surface area contributed by atoms with Gasteiger partial charge >= 0.3 is 5.97 Å². The van der Waals surface area contributed by atoms with E-state index in [9.17, 15) is 4.79 Å². The average Bonchev–Trinajstić information content (AvgIpc) is 2.49. The lowest BCUT2D eigenvalue weighted by atomic mass is 10.2. The number of carboxylic acid groups (broad SMARTS) is 1. The van der Waals surface area contributed by atoms with Crippen LogP contribution in [0, 0.1) is 0 Å². The van der Waals surface area contributed by atoms with E-state index in [1.807, 2.05) is 12.1 Å². The Hall–Kier alpha value is -1.53. The van der Waals surface area contributed by atoms with Crippen LogP contribution in [0.2, 0.25) is 0 Å². The minimum Gasteiger partial charge on any atom is -0.494 e. The lowest BCUT2D eigenvalue weighted by molar-refractivity contribution is 0.0696. The van der Waals surface area contributed by atoms with Gasteiger partial charge in [0.25, 0.3) is 0 Å². The van der Waals surface area contributed by atoms with E-state index in [4.69, 9.17) is 9.84 Å². The van der Waals surface area contributed by atoms with Crippen LogP contribution in [-0.4, -0.2) is 28.4 Å². The molecule has 1 aromatic heterocycles. The highest BCUT2D eigenvalue weighted by Crippen LogP contribution is 2.19. The number of hydrogen-bond donors (Lipinski definition) is 1. The van der Waals surface area contributed by atoms with E-state index in [1.54, 1.807) is 36.2 Å². The fraction of sp³-hybridized carbons (Fsp3) is 0.200. The van der Waals surface area contributed by atoms with Gasteiger partial charge in [-0.1, -0.05) is 6.07 Å². The van der Waals surface area contributed by atoms with Gasteiger partial charge in [0.15, 0.2) is 0 Å². The summed E-state index contributed by atoms with van der Waals surface area (Å²) >= 11 is 5.01. The Morgan fingerprint density at radius 2 is 2.19 bits per heavy atom.